The van der Waals surface area contributed by atoms with Crippen molar-refractivity contribution in [2.75, 3.05) is 132 Å². The van der Waals surface area contributed by atoms with Gasteiger partial charge in [0.1, 0.15) is 0 Å². The second-order valence-electron chi connectivity index (χ2n) is 14.3. The summed E-state index contributed by atoms with van der Waals surface area (Å²) in [6, 6.07) is 0. The van der Waals surface area contributed by atoms with Crippen LogP contribution in [0.4, 0.5) is 0 Å². The van der Waals surface area contributed by atoms with E-state index < -0.39 is 21.7 Å². The fourth-order valence-corrected chi connectivity index (χ4v) is 3.61. The molecule has 0 aromatic heterocycles. The third kappa shape index (κ3) is 43.7. The molecule has 0 bridgehead atoms. The van der Waals surface area contributed by atoms with Gasteiger partial charge in [0.25, 0.3) is 0 Å². The third-order valence-corrected chi connectivity index (χ3v) is 6.88. The van der Waals surface area contributed by atoms with E-state index in [1.165, 1.54) is 0 Å². The van der Waals surface area contributed by atoms with Crippen LogP contribution in [0, 0.1) is 21.7 Å². The minimum absolute atomic E-state index is 0. The maximum atomic E-state index is 10.9. The molecular weight excluding hydrogens is 812 g/mol. The van der Waals surface area contributed by atoms with Crippen LogP contribution in [0.3, 0.4) is 0 Å². The van der Waals surface area contributed by atoms with Crippen molar-refractivity contribution in [2.45, 2.75) is 27.7 Å². The fourth-order valence-electron chi connectivity index (χ4n) is 3.61. The molecule has 0 aliphatic rings. The van der Waals surface area contributed by atoms with Gasteiger partial charge in [-0.1, -0.05) is 76.3 Å². The quantitative estimate of drug-likeness (QED) is 0.0669. The largest absolute Gasteiger partial charge is 4.00 e. The average Bonchev–Trinajstić information content (AvgIpc) is 3.19. The first kappa shape index (κ1) is 64.5. The average molecular weight is 888 g/mol. The van der Waals surface area contributed by atoms with Crippen molar-refractivity contribution < 1.29 is 84.5 Å². The summed E-state index contributed by atoms with van der Waals surface area (Å²) in [5.41, 5.74) is -1.81. The molecule has 0 spiro atoms. The van der Waals surface area contributed by atoms with E-state index in [1.54, 1.807) is 48.6 Å². The van der Waals surface area contributed by atoms with Crippen LogP contribution in [0.2, 0.25) is 0 Å². The van der Waals surface area contributed by atoms with E-state index >= 15 is 0 Å². The van der Waals surface area contributed by atoms with E-state index in [4.69, 9.17) is 37.9 Å². The van der Waals surface area contributed by atoms with Crippen molar-refractivity contribution in [3.8, 4) is 0 Å². The van der Waals surface area contributed by atoms with Gasteiger partial charge in [0.2, 0.25) is 0 Å². The van der Waals surface area contributed by atoms with E-state index in [1.807, 2.05) is 27.7 Å². The first-order chi connectivity index (χ1) is 26.7. The predicted molar refractivity (Wildman–Crippen MR) is 220 cm³/mol. The zero-order chi connectivity index (χ0) is 43.5. The summed E-state index contributed by atoms with van der Waals surface area (Å²) >= 11 is 0. The molecule has 0 N–H and O–H groups in total. The molecule has 12 nitrogen and oxygen atoms in total. The summed E-state index contributed by atoms with van der Waals surface area (Å²) in [5, 5.41) is 43.7. The van der Waals surface area contributed by atoms with Crippen LogP contribution in [0.15, 0.2) is 101 Å². The molecule has 0 unspecified atom stereocenters. The topological polar surface area (TPSA) is 166 Å². The maximum absolute atomic E-state index is 10.9. The summed E-state index contributed by atoms with van der Waals surface area (Å²) in [6.45, 7) is 41.8. The van der Waals surface area contributed by atoms with Crippen LogP contribution >= 0.6 is 0 Å². The molecule has 0 radical (unpaired) electrons. The Morgan fingerprint density at radius 3 is 0.474 bits per heavy atom. The van der Waals surface area contributed by atoms with Crippen molar-refractivity contribution in [3.05, 3.63) is 101 Å². The minimum Gasteiger partial charge on any atom is -0.854 e. The van der Waals surface area contributed by atoms with E-state index in [0.717, 1.165) is 0 Å². The second kappa shape index (κ2) is 45.4. The molecule has 0 aliphatic carbocycles. The van der Waals surface area contributed by atoms with E-state index in [9.17, 15) is 20.4 Å². The Morgan fingerprint density at radius 2 is 0.404 bits per heavy atom. The predicted octanol–water partition coefficient (Wildman–Crippen LogP) is 3.03. The van der Waals surface area contributed by atoms with Gasteiger partial charge < -0.3 is 58.3 Å². The fraction of sp³-hybridized carbons (Fsp3) is 0.636. The second-order valence-corrected chi connectivity index (χ2v) is 14.3. The Kier molecular flexibility index (Phi) is 51.4. The van der Waals surface area contributed by atoms with Crippen LogP contribution < -0.4 is 20.4 Å². The summed E-state index contributed by atoms with van der Waals surface area (Å²) in [7, 11) is 0. The molecule has 13 heteroatoms. The normalized spacial score (nSPS) is 11.1. The molecular formula is C44H76O12Zr. The van der Waals surface area contributed by atoms with Crippen molar-refractivity contribution in [1.29, 1.82) is 0 Å². The SMILES string of the molecule is C=CCOCC(C)(C[O-])COCC=C.C=CCOCC(C)(C[O-])COCC=C.C=CCOCC(C)(C[O-])COCC=C.C=CCOCC(C)(C[O-])COCC=C.[Zr+4]. The number of hydrogen-bond donors (Lipinski definition) is 0. The number of hydrogen-bond acceptors (Lipinski definition) is 12. The summed E-state index contributed by atoms with van der Waals surface area (Å²) < 4.78 is 42.0. The first-order valence-corrected chi connectivity index (χ1v) is 18.5. The minimum atomic E-state index is -0.452. The molecule has 0 heterocycles. The van der Waals surface area contributed by atoms with Gasteiger partial charge in [-0.15, -0.1) is 79.1 Å². The Morgan fingerprint density at radius 1 is 0.298 bits per heavy atom. The molecule has 328 valence electrons. The standard InChI is InChI=1S/4C11H19O3.Zr/c4*1-4-6-13-9-11(3,8-12)10-14-7-5-2;/h4*4-5H,1-2,6-10H2,3H3;/q4*-1;+4. The summed E-state index contributed by atoms with van der Waals surface area (Å²) in [5.74, 6) is 0. The van der Waals surface area contributed by atoms with Gasteiger partial charge in [-0.2, -0.15) is 0 Å². The van der Waals surface area contributed by atoms with Crippen molar-refractivity contribution in [1.82, 2.24) is 0 Å². The van der Waals surface area contributed by atoms with Crippen molar-refractivity contribution in [3.63, 3.8) is 0 Å². The molecule has 0 rings (SSSR count). The zero-order valence-electron chi connectivity index (χ0n) is 35.8. The van der Waals surface area contributed by atoms with Crippen LogP contribution in [-0.2, 0) is 64.1 Å². The Bertz CT molecular complexity index is 767. The smallest absolute Gasteiger partial charge is 0.854 e. The summed E-state index contributed by atoms with van der Waals surface area (Å²) in [4.78, 5) is 0. The van der Waals surface area contributed by atoms with Gasteiger partial charge >= 0.3 is 26.2 Å². The van der Waals surface area contributed by atoms with Gasteiger partial charge in [-0.25, -0.2) is 0 Å². The van der Waals surface area contributed by atoms with Crippen LogP contribution in [-0.4, -0.2) is 132 Å². The first-order valence-electron chi connectivity index (χ1n) is 18.5. The molecule has 0 amide bonds. The Balaban J connectivity index is -0.000000210. The molecule has 0 saturated heterocycles. The van der Waals surface area contributed by atoms with E-state index in [-0.39, 0.29) is 52.6 Å². The van der Waals surface area contributed by atoms with Crippen molar-refractivity contribution in [2.24, 2.45) is 21.7 Å². The van der Waals surface area contributed by atoms with Crippen molar-refractivity contribution >= 4 is 0 Å². The number of rotatable bonds is 36. The van der Waals surface area contributed by atoms with Gasteiger partial charge in [-0.05, 0) is 21.7 Å². The van der Waals surface area contributed by atoms with E-state index in [0.29, 0.717) is 106 Å². The molecule has 0 aromatic carbocycles. The van der Waals surface area contributed by atoms with Gasteiger partial charge in [0.15, 0.2) is 0 Å². The van der Waals surface area contributed by atoms with E-state index in [2.05, 4.69) is 52.6 Å². The van der Waals surface area contributed by atoms with Gasteiger partial charge in [-0.3, -0.25) is 0 Å². The van der Waals surface area contributed by atoms with Crippen LogP contribution in [0.1, 0.15) is 27.7 Å². The zero-order valence-corrected chi connectivity index (χ0v) is 38.3. The van der Waals surface area contributed by atoms with Crippen LogP contribution in [0.5, 0.6) is 0 Å². The molecule has 0 saturated carbocycles. The molecule has 0 aliphatic heterocycles. The van der Waals surface area contributed by atoms with Crippen LogP contribution in [0.25, 0.3) is 0 Å². The molecule has 57 heavy (non-hydrogen) atoms. The summed E-state index contributed by atoms with van der Waals surface area (Å²) in [6.07, 6.45) is 13.3. The third-order valence-electron chi connectivity index (χ3n) is 6.88. The number of ether oxygens (including phenoxy) is 8. The molecule has 0 fully saturated rings. The monoisotopic (exact) mass is 886 g/mol. The maximum Gasteiger partial charge on any atom is 4.00 e. The Labute approximate surface area is 365 Å². The van der Waals surface area contributed by atoms with Gasteiger partial charge in [0.05, 0.1) is 106 Å². The Hall–Kier alpha value is -1.68. The molecule has 0 atom stereocenters. The molecule has 0 aromatic rings. The van der Waals surface area contributed by atoms with Gasteiger partial charge in [0, 0.05) is 0 Å².